The minimum Gasteiger partial charge on any atom is -0.354 e. The summed E-state index contributed by atoms with van der Waals surface area (Å²) in [5, 5.41) is 2.92. The molecule has 1 saturated carbocycles. The lowest BCUT2D eigenvalue weighted by atomic mass is 9.88. The number of piperidine rings is 2. The maximum absolute atomic E-state index is 13.0. The molecule has 3 heterocycles. The largest absolute Gasteiger partial charge is 0.354 e. The number of carbonyl (C=O) groups is 1. The fourth-order valence-corrected chi connectivity index (χ4v) is 6.72. The fourth-order valence-electron chi connectivity index (χ4n) is 6.72. The Morgan fingerprint density at radius 1 is 0.914 bits per heavy atom. The minimum absolute atomic E-state index is 0.0396. The van der Waals surface area contributed by atoms with Gasteiger partial charge in [-0.1, -0.05) is 25.3 Å². The molecule has 0 radical (unpaired) electrons. The lowest BCUT2D eigenvalue weighted by Gasteiger charge is -2.35. The van der Waals surface area contributed by atoms with E-state index in [1.165, 1.54) is 63.6 Å². The van der Waals surface area contributed by atoms with Crippen molar-refractivity contribution in [2.24, 2.45) is 18.9 Å². The molecule has 1 aliphatic carbocycles. The zero-order valence-electron chi connectivity index (χ0n) is 21.7. The van der Waals surface area contributed by atoms with Crippen LogP contribution in [0.2, 0.25) is 0 Å². The highest BCUT2D eigenvalue weighted by Crippen LogP contribution is 2.27. The van der Waals surface area contributed by atoms with Crippen molar-refractivity contribution in [1.29, 1.82) is 0 Å². The van der Waals surface area contributed by atoms with Crippen molar-refractivity contribution >= 4 is 16.9 Å². The Labute approximate surface area is 209 Å². The molecular weight excluding hydrogens is 438 g/mol. The summed E-state index contributed by atoms with van der Waals surface area (Å²) < 4.78 is 3.40. The Morgan fingerprint density at radius 3 is 2.34 bits per heavy atom. The van der Waals surface area contributed by atoms with Crippen LogP contribution in [0.15, 0.2) is 23.0 Å². The zero-order valence-corrected chi connectivity index (χ0v) is 21.7. The van der Waals surface area contributed by atoms with E-state index in [1.54, 1.807) is 9.13 Å². The number of carbonyl (C=O) groups excluding carboxylic acids is 1. The topological polar surface area (TPSA) is 62.5 Å². The smallest absolute Gasteiger partial charge is 0.329 e. The van der Waals surface area contributed by atoms with Gasteiger partial charge in [-0.3, -0.25) is 18.8 Å². The number of nitrogens with one attached hydrogen (secondary N) is 1. The third kappa shape index (κ3) is 5.51. The number of nitrogens with zero attached hydrogens (tertiary/aromatic N) is 4. The van der Waals surface area contributed by atoms with Crippen LogP contribution in [0.5, 0.6) is 0 Å². The second-order valence-corrected chi connectivity index (χ2v) is 11.4. The van der Waals surface area contributed by atoms with Crippen molar-refractivity contribution in [2.45, 2.75) is 70.4 Å². The maximum Gasteiger partial charge on any atom is 0.329 e. The van der Waals surface area contributed by atoms with Gasteiger partial charge < -0.3 is 10.2 Å². The number of amides is 1. The van der Waals surface area contributed by atoms with Gasteiger partial charge in [-0.25, -0.2) is 4.79 Å². The quantitative estimate of drug-likeness (QED) is 0.657. The molecule has 1 aromatic heterocycles. The molecule has 3 fully saturated rings. The second kappa shape index (κ2) is 10.9. The van der Waals surface area contributed by atoms with Crippen LogP contribution in [0, 0.1) is 11.8 Å². The summed E-state index contributed by atoms with van der Waals surface area (Å²) >= 11 is 0. The molecule has 35 heavy (non-hydrogen) atoms. The standard InChI is InChI=1S/C28H43N5O2/c1-30(18-21-7-4-3-5-8-21)19-22-12-15-32(16-13-22)20-23-10-11-24-26(17-23)31(2)28(35)33(24)25-9-6-14-29-27(25)34/h10-11,17,21-22,25H,3-9,12-16,18-20H2,1-2H3,(H,29,34). The number of aryl methyl sites for hydroxylation is 1. The lowest BCUT2D eigenvalue weighted by molar-refractivity contribution is -0.125. The average molecular weight is 482 g/mol. The molecule has 1 unspecified atom stereocenters. The Morgan fingerprint density at radius 2 is 1.63 bits per heavy atom. The highest BCUT2D eigenvalue weighted by Gasteiger charge is 2.28. The number of benzene rings is 1. The fraction of sp³-hybridized carbons (Fsp3) is 0.714. The Bertz CT molecular complexity index is 1070. The first-order valence-electron chi connectivity index (χ1n) is 13.9. The third-order valence-corrected chi connectivity index (χ3v) is 8.70. The molecule has 192 valence electrons. The van der Waals surface area contributed by atoms with E-state index in [0.717, 1.165) is 55.3 Å². The normalized spacial score (nSPS) is 23.3. The van der Waals surface area contributed by atoms with Crippen LogP contribution in [0.1, 0.15) is 69.4 Å². The van der Waals surface area contributed by atoms with Crippen molar-refractivity contribution in [1.82, 2.24) is 24.3 Å². The van der Waals surface area contributed by atoms with Crippen LogP contribution < -0.4 is 11.0 Å². The van der Waals surface area contributed by atoms with E-state index in [4.69, 9.17) is 0 Å². The van der Waals surface area contributed by atoms with Gasteiger partial charge in [-0.2, -0.15) is 0 Å². The first kappa shape index (κ1) is 24.6. The average Bonchev–Trinajstić information content (AvgIpc) is 3.11. The Hall–Kier alpha value is -2.12. The molecule has 3 aliphatic rings. The monoisotopic (exact) mass is 481 g/mol. The summed E-state index contributed by atoms with van der Waals surface area (Å²) in [6.45, 7) is 6.42. The second-order valence-electron chi connectivity index (χ2n) is 11.4. The van der Waals surface area contributed by atoms with Crippen LogP contribution in [0.3, 0.4) is 0 Å². The molecule has 7 heteroatoms. The third-order valence-electron chi connectivity index (χ3n) is 8.70. The molecule has 1 amide bonds. The van der Waals surface area contributed by atoms with Gasteiger partial charge in [0, 0.05) is 33.2 Å². The van der Waals surface area contributed by atoms with Gasteiger partial charge in [0.05, 0.1) is 11.0 Å². The number of rotatable bonds is 7. The number of likely N-dealkylation sites (tertiary alicyclic amines) is 1. The number of hydrogen-bond donors (Lipinski definition) is 1. The Balaban J connectivity index is 1.18. The number of aromatic nitrogens is 2. The summed E-state index contributed by atoms with van der Waals surface area (Å²) in [4.78, 5) is 30.6. The van der Waals surface area contributed by atoms with E-state index in [1.807, 2.05) is 13.1 Å². The first-order valence-corrected chi connectivity index (χ1v) is 13.9. The molecular formula is C28H43N5O2. The highest BCUT2D eigenvalue weighted by atomic mass is 16.2. The lowest BCUT2D eigenvalue weighted by Crippen LogP contribution is -2.41. The van der Waals surface area contributed by atoms with Gasteiger partial charge in [0.15, 0.2) is 0 Å². The first-order chi connectivity index (χ1) is 17.0. The van der Waals surface area contributed by atoms with Gasteiger partial charge in [0.25, 0.3) is 0 Å². The molecule has 1 aromatic carbocycles. The number of hydrogen-bond acceptors (Lipinski definition) is 4. The van der Waals surface area contributed by atoms with Gasteiger partial charge in [-0.05, 0) is 88.2 Å². The maximum atomic E-state index is 13.0. The van der Waals surface area contributed by atoms with Gasteiger partial charge in [0.2, 0.25) is 5.91 Å². The van der Waals surface area contributed by atoms with Crippen LogP contribution >= 0.6 is 0 Å². The van der Waals surface area contributed by atoms with Crippen LogP contribution in [0.4, 0.5) is 0 Å². The van der Waals surface area contributed by atoms with E-state index < -0.39 is 6.04 Å². The number of imidazole rings is 1. The van der Waals surface area contributed by atoms with E-state index in [-0.39, 0.29) is 11.6 Å². The SMILES string of the molecule is CN(CC1CCCCC1)CC1CCN(Cc2ccc3c(c2)n(C)c(=O)n3C2CCCNC2=O)CC1. The molecule has 2 aliphatic heterocycles. The molecule has 2 saturated heterocycles. The highest BCUT2D eigenvalue weighted by molar-refractivity contribution is 5.84. The summed E-state index contributed by atoms with van der Waals surface area (Å²) in [7, 11) is 4.14. The van der Waals surface area contributed by atoms with Crippen LogP contribution in [-0.4, -0.2) is 64.6 Å². The molecule has 1 atom stereocenters. The van der Waals surface area contributed by atoms with Crippen molar-refractivity contribution < 1.29 is 4.79 Å². The molecule has 1 N–H and O–H groups in total. The van der Waals surface area contributed by atoms with Crippen LogP contribution in [-0.2, 0) is 18.4 Å². The molecule has 5 rings (SSSR count). The van der Waals surface area contributed by atoms with E-state index in [2.05, 4.69) is 34.3 Å². The predicted octanol–water partition coefficient (Wildman–Crippen LogP) is 3.52. The van der Waals surface area contributed by atoms with Crippen molar-refractivity contribution in [3.8, 4) is 0 Å². The number of fused-ring (bicyclic) bond motifs is 1. The van der Waals surface area contributed by atoms with Gasteiger partial charge in [0.1, 0.15) is 6.04 Å². The molecule has 0 spiro atoms. The summed E-state index contributed by atoms with van der Waals surface area (Å²) in [6, 6.07) is 5.93. The zero-order chi connectivity index (χ0) is 24.4. The molecule has 7 nitrogen and oxygen atoms in total. The Kier molecular flexibility index (Phi) is 7.63. The van der Waals surface area contributed by atoms with Crippen molar-refractivity contribution in [3.63, 3.8) is 0 Å². The van der Waals surface area contributed by atoms with Crippen LogP contribution in [0.25, 0.3) is 11.0 Å². The minimum atomic E-state index is -0.402. The van der Waals surface area contributed by atoms with Gasteiger partial charge in [-0.15, -0.1) is 0 Å². The van der Waals surface area contributed by atoms with Gasteiger partial charge >= 0.3 is 5.69 Å². The predicted molar refractivity (Wildman–Crippen MR) is 141 cm³/mol. The van der Waals surface area contributed by atoms with Crippen molar-refractivity contribution in [2.75, 3.05) is 39.8 Å². The summed E-state index contributed by atoms with van der Waals surface area (Å²) in [6.07, 6.45) is 11.3. The van der Waals surface area contributed by atoms with E-state index >= 15 is 0 Å². The molecule has 2 aromatic rings. The summed E-state index contributed by atoms with van der Waals surface area (Å²) in [5.74, 6) is 1.68. The van der Waals surface area contributed by atoms with E-state index in [0.29, 0.717) is 6.54 Å². The summed E-state index contributed by atoms with van der Waals surface area (Å²) in [5.41, 5.74) is 2.93. The van der Waals surface area contributed by atoms with Crippen molar-refractivity contribution in [3.05, 3.63) is 34.2 Å². The molecule has 0 bridgehead atoms. The van der Waals surface area contributed by atoms with E-state index in [9.17, 15) is 9.59 Å².